The third kappa shape index (κ3) is 4.37. The van der Waals surface area contributed by atoms with E-state index < -0.39 is 23.6 Å². The molecule has 3 aromatic rings. The van der Waals surface area contributed by atoms with Crippen molar-refractivity contribution < 1.29 is 27.9 Å². The standard InChI is InChI=1S/C21H15F3N2O3/c22-21(23,24)14-8-10-15(11-9-14)26-20(29)17-3-1-2-16(18(17)27)12-4-6-13(7-5-12)19(25)28/h1-11,27H,(H2,25,28)(H,26,29). The van der Waals surface area contributed by atoms with E-state index in [0.717, 1.165) is 24.3 Å². The van der Waals surface area contributed by atoms with Gasteiger partial charge in [-0.05, 0) is 48.0 Å². The molecule has 0 radical (unpaired) electrons. The minimum atomic E-state index is -4.47. The van der Waals surface area contributed by atoms with Crippen LogP contribution in [0.4, 0.5) is 18.9 Å². The molecular weight excluding hydrogens is 385 g/mol. The zero-order chi connectivity index (χ0) is 21.2. The van der Waals surface area contributed by atoms with Crippen LogP contribution in [0.15, 0.2) is 66.7 Å². The van der Waals surface area contributed by atoms with Crippen molar-refractivity contribution in [1.82, 2.24) is 0 Å². The number of alkyl halides is 3. The average Bonchev–Trinajstić information content (AvgIpc) is 2.68. The summed E-state index contributed by atoms with van der Waals surface area (Å²) in [5.74, 6) is -1.58. The van der Waals surface area contributed by atoms with Crippen LogP contribution in [0.5, 0.6) is 5.75 Å². The van der Waals surface area contributed by atoms with Gasteiger partial charge in [-0.1, -0.05) is 24.3 Å². The molecule has 0 saturated heterocycles. The second-order valence-corrected chi connectivity index (χ2v) is 6.17. The molecule has 0 heterocycles. The minimum Gasteiger partial charge on any atom is -0.506 e. The number of aromatic hydroxyl groups is 1. The van der Waals surface area contributed by atoms with Crippen molar-refractivity contribution >= 4 is 17.5 Å². The van der Waals surface area contributed by atoms with E-state index in [1.165, 1.54) is 18.2 Å². The molecule has 29 heavy (non-hydrogen) atoms. The van der Waals surface area contributed by atoms with Crippen molar-refractivity contribution in [3.63, 3.8) is 0 Å². The molecule has 8 heteroatoms. The van der Waals surface area contributed by atoms with Crippen molar-refractivity contribution in [1.29, 1.82) is 0 Å². The zero-order valence-corrected chi connectivity index (χ0v) is 14.8. The van der Waals surface area contributed by atoms with Crippen LogP contribution in [0, 0.1) is 0 Å². The number of anilines is 1. The number of para-hydroxylation sites is 1. The first-order valence-corrected chi connectivity index (χ1v) is 8.37. The second-order valence-electron chi connectivity index (χ2n) is 6.17. The van der Waals surface area contributed by atoms with E-state index >= 15 is 0 Å². The van der Waals surface area contributed by atoms with Crippen LogP contribution in [-0.2, 0) is 6.18 Å². The van der Waals surface area contributed by atoms with Crippen molar-refractivity contribution in [2.45, 2.75) is 6.18 Å². The summed E-state index contributed by atoms with van der Waals surface area (Å²) in [6.45, 7) is 0. The van der Waals surface area contributed by atoms with E-state index in [2.05, 4.69) is 5.32 Å². The Bertz CT molecular complexity index is 1060. The number of hydrogen-bond acceptors (Lipinski definition) is 3. The number of carbonyl (C=O) groups is 2. The average molecular weight is 400 g/mol. The number of halogens is 3. The third-order valence-electron chi connectivity index (χ3n) is 4.23. The summed E-state index contributed by atoms with van der Waals surface area (Å²) in [5, 5.41) is 13.0. The molecule has 0 atom stereocenters. The maximum Gasteiger partial charge on any atom is 0.416 e. The lowest BCUT2D eigenvalue weighted by molar-refractivity contribution is -0.137. The first-order chi connectivity index (χ1) is 13.7. The Morgan fingerprint density at radius 2 is 1.52 bits per heavy atom. The summed E-state index contributed by atoms with van der Waals surface area (Å²) in [6, 6.07) is 14.6. The maximum atomic E-state index is 12.6. The summed E-state index contributed by atoms with van der Waals surface area (Å²) >= 11 is 0. The normalized spacial score (nSPS) is 11.1. The molecule has 148 valence electrons. The Morgan fingerprint density at radius 1 is 0.897 bits per heavy atom. The Morgan fingerprint density at radius 3 is 2.07 bits per heavy atom. The molecule has 4 N–H and O–H groups in total. The number of nitrogens with one attached hydrogen (secondary N) is 1. The van der Waals surface area contributed by atoms with Gasteiger partial charge in [0.05, 0.1) is 11.1 Å². The SMILES string of the molecule is NC(=O)c1ccc(-c2cccc(C(=O)Nc3ccc(C(F)(F)F)cc3)c2O)cc1. The molecule has 0 spiro atoms. The molecule has 0 unspecified atom stereocenters. The van der Waals surface area contributed by atoms with Gasteiger partial charge in [0, 0.05) is 16.8 Å². The number of hydrogen-bond donors (Lipinski definition) is 3. The predicted octanol–water partition coefficient (Wildman–Crippen LogP) is 4.43. The van der Waals surface area contributed by atoms with Crippen LogP contribution in [-0.4, -0.2) is 16.9 Å². The van der Waals surface area contributed by atoms with Crippen molar-refractivity contribution in [3.05, 3.63) is 83.4 Å². The highest BCUT2D eigenvalue weighted by atomic mass is 19.4. The lowest BCUT2D eigenvalue weighted by Gasteiger charge is -2.12. The van der Waals surface area contributed by atoms with Crippen molar-refractivity contribution in [2.24, 2.45) is 5.73 Å². The number of amides is 2. The Hall–Kier alpha value is -3.81. The molecule has 0 aliphatic rings. The van der Waals surface area contributed by atoms with Gasteiger partial charge in [-0.15, -0.1) is 0 Å². The summed E-state index contributed by atoms with van der Waals surface area (Å²) < 4.78 is 37.9. The van der Waals surface area contributed by atoms with Gasteiger partial charge in [0.1, 0.15) is 5.75 Å². The summed E-state index contributed by atoms with van der Waals surface area (Å²) in [5.41, 5.74) is 5.66. The number of carbonyl (C=O) groups excluding carboxylic acids is 2. The fourth-order valence-corrected chi connectivity index (χ4v) is 2.71. The first kappa shape index (κ1) is 19.9. The lowest BCUT2D eigenvalue weighted by atomic mass is 9.99. The van der Waals surface area contributed by atoms with E-state index in [0.29, 0.717) is 16.7 Å². The summed E-state index contributed by atoms with van der Waals surface area (Å²) in [6.07, 6.45) is -4.47. The van der Waals surface area contributed by atoms with E-state index in [4.69, 9.17) is 5.73 Å². The zero-order valence-electron chi connectivity index (χ0n) is 14.8. The van der Waals surface area contributed by atoms with Crippen LogP contribution in [0.3, 0.4) is 0 Å². The number of primary amides is 1. The maximum absolute atomic E-state index is 12.6. The van der Waals surface area contributed by atoms with Crippen LogP contribution >= 0.6 is 0 Å². The van der Waals surface area contributed by atoms with Gasteiger partial charge in [-0.3, -0.25) is 9.59 Å². The molecule has 3 aromatic carbocycles. The van der Waals surface area contributed by atoms with Gasteiger partial charge in [0.25, 0.3) is 5.91 Å². The highest BCUT2D eigenvalue weighted by Gasteiger charge is 2.30. The highest BCUT2D eigenvalue weighted by molar-refractivity contribution is 6.07. The molecule has 3 rings (SSSR count). The molecule has 0 aliphatic carbocycles. The molecular formula is C21H15F3N2O3. The first-order valence-electron chi connectivity index (χ1n) is 8.37. The smallest absolute Gasteiger partial charge is 0.416 e. The number of rotatable bonds is 4. The van der Waals surface area contributed by atoms with Gasteiger partial charge >= 0.3 is 6.18 Å². The summed E-state index contributed by atoms with van der Waals surface area (Å²) in [4.78, 5) is 23.7. The van der Waals surface area contributed by atoms with Gasteiger partial charge in [0.2, 0.25) is 5.91 Å². The van der Waals surface area contributed by atoms with E-state index in [1.54, 1.807) is 24.3 Å². The van der Waals surface area contributed by atoms with Crippen LogP contribution < -0.4 is 11.1 Å². The molecule has 5 nitrogen and oxygen atoms in total. The van der Waals surface area contributed by atoms with Crippen LogP contribution in [0.2, 0.25) is 0 Å². The van der Waals surface area contributed by atoms with Crippen molar-refractivity contribution in [2.75, 3.05) is 5.32 Å². The fraction of sp³-hybridized carbons (Fsp3) is 0.0476. The molecule has 0 aliphatic heterocycles. The minimum absolute atomic E-state index is 0.0543. The number of phenols is 1. The Labute approximate surface area is 163 Å². The van der Waals surface area contributed by atoms with Crippen molar-refractivity contribution in [3.8, 4) is 16.9 Å². The van der Waals surface area contributed by atoms with E-state index in [1.807, 2.05) is 0 Å². The van der Waals surface area contributed by atoms with Gasteiger partial charge < -0.3 is 16.2 Å². The Kier molecular flexibility index (Phi) is 5.27. The number of phenolic OH excluding ortho intramolecular Hbond substituents is 1. The van der Waals surface area contributed by atoms with Gasteiger partial charge in [-0.25, -0.2) is 0 Å². The monoisotopic (exact) mass is 400 g/mol. The van der Waals surface area contributed by atoms with Gasteiger partial charge in [0.15, 0.2) is 0 Å². The summed E-state index contributed by atoms with van der Waals surface area (Å²) in [7, 11) is 0. The van der Waals surface area contributed by atoms with Crippen LogP contribution in [0.1, 0.15) is 26.3 Å². The number of benzene rings is 3. The lowest BCUT2D eigenvalue weighted by Crippen LogP contribution is -2.13. The molecule has 0 bridgehead atoms. The molecule has 0 saturated carbocycles. The van der Waals surface area contributed by atoms with Gasteiger partial charge in [-0.2, -0.15) is 13.2 Å². The third-order valence-corrected chi connectivity index (χ3v) is 4.23. The van der Waals surface area contributed by atoms with E-state index in [-0.39, 0.29) is 17.0 Å². The molecule has 2 amide bonds. The number of nitrogens with two attached hydrogens (primary N) is 1. The molecule has 0 aromatic heterocycles. The van der Waals surface area contributed by atoms with E-state index in [9.17, 15) is 27.9 Å². The predicted molar refractivity (Wildman–Crippen MR) is 101 cm³/mol. The molecule has 0 fully saturated rings. The van der Waals surface area contributed by atoms with Crippen LogP contribution in [0.25, 0.3) is 11.1 Å². The second kappa shape index (κ2) is 7.67. The topological polar surface area (TPSA) is 92.4 Å². The quantitative estimate of drug-likeness (QED) is 0.605. The highest BCUT2D eigenvalue weighted by Crippen LogP contribution is 2.33. The fourth-order valence-electron chi connectivity index (χ4n) is 2.71. The largest absolute Gasteiger partial charge is 0.506 e. The Balaban J connectivity index is 1.85.